The Labute approximate surface area is 133 Å². The number of rotatable bonds is 4. The number of hydrogen-bond donors (Lipinski definition) is 0. The summed E-state index contributed by atoms with van der Waals surface area (Å²) in [7, 11) is -3.52. The third-order valence-electron chi connectivity index (χ3n) is 4.17. The molecule has 1 aromatic heterocycles. The van der Waals surface area contributed by atoms with Crippen LogP contribution in [0.5, 0.6) is 0 Å². The van der Waals surface area contributed by atoms with Gasteiger partial charge in [-0.25, -0.2) is 0 Å². The van der Waals surface area contributed by atoms with Crippen molar-refractivity contribution in [2.45, 2.75) is 45.3 Å². The Hall–Kier alpha value is -0.980. The molecule has 6 heteroatoms. The largest absolute Gasteiger partial charge is 0.298 e. The molecule has 0 bridgehead atoms. The van der Waals surface area contributed by atoms with Crippen molar-refractivity contribution in [2.24, 2.45) is 5.92 Å². The molecule has 2 rings (SSSR count). The van der Waals surface area contributed by atoms with Crippen molar-refractivity contribution in [3.05, 3.63) is 30.1 Å². The topological polar surface area (TPSA) is 59.5 Å². The smallest absolute Gasteiger partial charge is 0.265 e. The zero-order valence-electron chi connectivity index (χ0n) is 13.8. The molecule has 0 amide bonds. The van der Waals surface area contributed by atoms with Crippen LogP contribution in [0.2, 0.25) is 0 Å². The lowest BCUT2D eigenvalue weighted by molar-refractivity contribution is 0.0402. The molecule has 1 aliphatic rings. The van der Waals surface area contributed by atoms with E-state index in [1.807, 2.05) is 18.2 Å². The summed E-state index contributed by atoms with van der Waals surface area (Å²) in [6, 6.07) is 5.53. The van der Waals surface area contributed by atoms with Gasteiger partial charge in [-0.15, -0.1) is 0 Å². The van der Waals surface area contributed by atoms with Gasteiger partial charge in [-0.05, 0) is 64.8 Å². The van der Waals surface area contributed by atoms with Crippen molar-refractivity contribution < 1.29 is 12.6 Å². The molecule has 0 N–H and O–H groups in total. The Morgan fingerprint density at radius 1 is 1.27 bits per heavy atom. The molecule has 0 saturated carbocycles. The summed E-state index contributed by atoms with van der Waals surface area (Å²) in [4.78, 5) is 6.73. The summed E-state index contributed by atoms with van der Waals surface area (Å²) in [5, 5.41) is 0. The maximum Gasteiger partial charge on any atom is 0.265 e. The number of piperidine rings is 1. The van der Waals surface area contributed by atoms with Crippen LogP contribution in [0.15, 0.2) is 24.4 Å². The fourth-order valence-electron chi connectivity index (χ4n) is 2.97. The van der Waals surface area contributed by atoms with E-state index in [1.165, 1.54) is 0 Å². The van der Waals surface area contributed by atoms with Gasteiger partial charge in [0.2, 0.25) is 0 Å². The summed E-state index contributed by atoms with van der Waals surface area (Å²) >= 11 is 0. The van der Waals surface area contributed by atoms with Gasteiger partial charge < -0.3 is 0 Å². The van der Waals surface area contributed by atoms with Gasteiger partial charge >= 0.3 is 0 Å². The van der Waals surface area contributed by atoms with Gasteiger partial charge in [-0.2, -0.15) is 8.42 Å². The zero-order valence-corrected chi connectivity index (χ0v) is 14.6. The molecule has 1 unspecified atom stereocenters. The first-order valence-electron chi connectivity index (χ1n) is 7.71. The number of pyridine rings is 1. The number of nitrogens with zero attached hydrogens (tertiary/aromatic N) is 2. The molecule has 124 valence electrons. The second kappa shape index (κ2) is 6.64. The molecule has 1 aliphatic heterocycles. The van der Waals surface area contributed by atoms with Crippen molar-refractivity contribution in [3.63, 3.8) is 0 Å². The van der Waals surface area contributed by atoms with Crippen molar-refractivity contribution >= 4 is 10.1 Å². The van der Waals surface area contributed by atoms with Crippen molar-refractivity contribution in [2.75, 3.05) is 19.3 Å². The van der Waals surface area contributed by atoms with E-state index in [9.17, 15) is 8.42 Å². The van der Waals surface area contributed by atoms with E-state index in [4.69, 9.17) is 4.18 Å². The molecule has 0 aliphatic carbocycles. The molecule has 5 nitrogen and oxygen atoms in total. The molecular weight excluding hydrogens is 300 g/mol. The predicted molar refractivity (Wildman–Crippen MR) is 87.0 cm³/mol. The SMILES string of the molecule is CC(C)(C)N1CCC(C(OS(C)(=O)=O)c2ccccn2)CC1. The van der Waals surface area contributed by atoms with Crippen LogP contribution < -0.4 is 0 Å². The zero-order chi connectivity index (χ0) is 16.4. The van der Waals surface area contributed by atoms with E-state index in [0.29, 0.717) is 5.69 Å². The minimum Gasteiger partial charge on any atom is -0.298 e. The standard InChI is InChI=1S/C16H26N2O3S/c1-16(2,3)18-11-8-13(9-12-18)15(21-22(4,19)20)14-7-5-6-10-17-14/h5-7,10,13,15H,8-9,11-12H2,1-4H3. The van der Waals surface area contributed by atoms with E-state index in [1.54, 1.807) is 6.20 Å². The molecule has 1 aromatic rings. The highest BCUT2D eigenvalue weighted by atomic mass is 32.2. The van der Waals surface area contributed by atoms with Crippen LogP contribution in [-0.4, -0.2) is 43.2 Å². The van der Waals surface area contributed by atoms with Gasteiger partial charge in [-0.3, -0.25) is 14.1 Å². The van der Waals surface area contributed by atoms with Gasteiger partial charge in [-0.1, -0.05) is 6.07 Å². The third kappa shape index (κ3) is 4.76. The first-order valence-corrected chi connectivity index (χ1v) is 9.53. The Morgan fingerprint density at radius 3 is 2.36 bits per heavy atom. The molecule has 1 atom stereocenters. The van der Waals surface area contributed by atoms with Crippen LogP contribution in [0.25, 0.3) is 0 Å². The highest BCUT2D eigenvalue weighted by Gasteiger charge is 2.34. The monoisotopic (exact) mass is 326 g/mol. The predicted octanol–water partition coefficient (Wildman–Crippen LogP) is 2.61. The van der Waals surface area contributed by atoms with Crippen molar-refractivity contribution in [1.29, 1.82) is 0 Å². The third-order valence-corrected chi connectivity index (χ3v) is 4.73. The van der Waals surface area contributed by atoms with Crippen LogP contribution in [0.4, 0.5) is 0 Å². The average Bonchev–Trinajstić information content (AvgIpc) is 2.44. The summed E-state index contributed by atoms with van der Waals surface area (Å²) in [5.41, 5.74) is 0.838. The molecular formula is C16H26N2O3S. The minimum atomic E-state index is -3.52. The van der Waals surface area contributed by atoms with Gasteiger partial charge in [0.05, 0.1) is 11.9 Å². The molecule has 0 radical (unpaired) electrons. The van der Waals surface area contributed by atoms with Crippen molar-refractivity contribution in [1.82, 2.24) is 9.88 Å². The lowest BCUT2D eigenvalue weighted by Gasteiger charge is -2.42. The van der Waals surface area contributed by atoms with E-state index in [0.717, 1.165) is 32.2 Å². The lowest BCUT2D eigenvalue weighted by atomic mass is 9.87. The Morgan fingerprint density at radius 2 is 1.91 bits per heavy atom. The second-order valence-corrected chi connectivity index (χ2v) is 8.57. The molecule has 2 heterocycles. The van der Waals surface area contributed by atoms with Crippen LogP contribution >= 0.6 is 0 Å². The number of likely N-dealkylation sites (tertiary alicyclic amines) is 1. The van der Waals surface area contributed by atoms with Crippen LogP contribution in [-0.2, 0) is 14.3 Å². The normalized spacial score (nSPS) is 20.0. The van der Waals surface area contributed by atoms with Crippen LogP contribution in [0.1, 0.15) is 45.4 Å². The van der Waals surface area contributed by atoms with Gasteiger partial charge in [0.25, 0.3) is 10.1 Å². The van der Waals surface area contributed by atoms with Crippen LogP contribution in [0, 0.1) is 5.92 Å². The Balaban J connectivity index is 2.14. The summed E-state index contributed by atoms with van der Waals surface area (Å²) in [6.07, 6.45) is 4.12. The first kappa shape index (κ1) is 17.4. The molecule has 0 aromatic carbocycles. The fourth-order valence-corrected chi connectivity index (χ4v) is 3.61. The first-order chi connectivity index (χ1) is 10.2. The maximum absolute atomic E-state index is 11.6. The maximum atomic E-state index is 11.6. The average molecular weight is 326 g/mol. The van der Waals surface area contributed by atoms with E-state index in [-0.39, 0.29) is 11.5 Å². The second-order valence-electron chi connectivity index (χ2n) is 6.97. The van der Waals surface area contributed by atoms with E-state index in [2.05, 4.69) is 30.7 Å². The minimum absolute atomic E-state index is 0.142. The summed E-state index contributed by atoms with van der Waals surface area (Å²) in [5.74, 6) is 0.170. The summed E-state index contributed by atoms with van der Waals surface area (Å²) < 4.78 is 28.6. The summed E-state index contributed by atoms with van der Waals surface area (Å²) in [6.45, 7) is 8.51. The highest BCUT2D eigenvalue weighted by molar-refractivity contribution is 7.86. The molecule has 0 spiro atoms. The van der Waals surface area contributed by atoms with Gasteiger partial charge in [0.1, 0.15) is 6.10 Å². The Kier molecular flexibility index (Phi) is 5.25. The number of hydrogen-bond acceptors (Lipinski definition) is 5. The van der Waals surface area contributed by atoms with Gasteiger partial charge in [0.15, 0.2) is 0 Å². The Bertz CT molecular complexity index is 573. The molecule has 1 saturated heterocycles. The molecule has 22 heavy (non-hydrogen) atoms. The quantitative estimate of drug-likeness (QED) is 0.796. The highest BCUT2D eigenvalue weighted by Crippen LogP contribution is 2.35. The fraction of sp³-hybridized carbons (Fsp3) is 0.688. The molecule has 1 fully saturated rings. The van der Waals surface area contributed by atoms with E-state index >= 15 is 0 Å². The van der Waals surface area contributed by atoms with Crippen LogP contribution in [0.3, 0.4) is 0 Å². The number of aromatic nitrogens is 1. The van der Waals surface area contributed by atoms with Crippen molar-refractivity contribution in [3.8, 4) is 0 Å². The van der Waals surface area contributed by atoms with Gasteiger partial charge in [0, 0.05) is 11.7 Å². The van der Waals surface area contributed by atoms with E-state index < -0.39 is 16.2 Å². The lowest BCUT2D eigenvalue weighted by Crippen LogP contribution is -2.47.